The van der Waals surface area contributed by atoms with E-state index in [0.29, 0.717) is 17.9 Å². The van der Waals surface area contributed by atoms with Crippen LogP contribution in [-0.4, -0.2) is 24.7 Å². The number of carbonyl (C=O) groups is 1. The summed E-state index contributed by atoms with van der Waals surface area (Å²) < 4.78 is 5.10. The van der Waals surface area contributed by atoms with Crippen LogP contribution in [0.4, 0.5) is 0 Å². The maximum Gasteiger partial charge on any atom is 0.189 e. The molecule has 0 fully saturated rings. The van der Waals surface area contributed by atoms with Crippen molar-refractivity contribution in [3.8, 4) is 0 Å². The zero-order valence-electron chi connectivity index (χ0n) is 9.96. The molecule has 0 radical (unpaired) electrons. The fraction of sp³-hybridized carbons (Fsp3) is 0.385. The molecule has 1 N–H and O–H groups in total. The van der Waals surface area contributed by atoms with Crippen LogP contribution in [0.1, 0.15) is 35.3 Å². The Balaban J connectivity index is 3.08. The van der Waals surface area contributed by atoms with Crippen LogP contribution in [0.2, 0.25) is 0 Å². The number of carbonyl (C=O) groups excluding carboxylic acids is 1. The Hall–Kier alpha value is -1.48. The fourth-order valence-electron chi connectivity index (χ4n) is 1.67. The van der Waals surface area contributed by atoms with Gasteiger partial charge in [-0.25, -0.2) is 0 Å². The van der Waals surface area contributed by atoms with Gasteiger partial charge in [0.2, 0.25) is 0 Å². The van der Waals surface area contributed by atoms with E-state index < -0.39 is 0 Å². The van der Waals surface area contributed by atoms with Crippen LogP contribution in [0.25, 0.3) is 0 Å². The molecule has 1 aromatic rings. The van der Waals surface area contributed by atoms with Crippen molar-refractivity contribution in [1.29, 1.82) is 5.41 Å². The van der Waals surface area contributed by atoms with E-state index in [1.807, 2.05) is 26.0 Å². The van der Waals surface area contributed by atoms with Crippen LogP contribution < -0.4 is 0 Å². The highest BCUT2D eigenvalue weighted by atomic mass is 16.5. The summed E-state index contributed by atoms with van der Waals surface area (Å²) in [6.45, 7) is 6.06. The molecule has 0 amide bonds. The van der Waals surface area contributed by atoms with Crippen molar-refractivity contribution in [1.82, 2.24) is 0 Å². The highest BCUT2D eigenvalue weighted by molar-refractivity contribution is 6.10. The first kappa shape index (κ1) is 12.6. The minimum Gasteiger partial charge on any atom is -0.374 e. The van der Waals surface area contributed by atoms with Crippen molar-refractivity contribution in [2.75, 3.05) is 13.2 Å². The van der Waals surface area contributed by atoms with Crippen molar-refractivity contribution >= 4 is 11.5 Å². The van der Waals surface area contributed by atoms with Crippen molar-refractivity contribution in [3.63, 3.8) is 0 Å². The second-order valence-electron chi connectivity index (χ2n) is 3.68. The number of aryl methyl sites for hydroxylation is 1. The first-order valence-electron chi connectivity index (χ1n) is 5.34. The molecule has 0 saturated heterocycles. The molecule has 0 saturated carbocycles. The number of rotatable bonds is 5. The van der Waals surface area contributed by atoms with Gasteiger partial charge in [0.1, 0.15) is 6.61 Å². The molecule has 3 heteroatoms. The average molecular weight is 219 g/mol. The quantitative estimate of drug-likeness (QED) is 0.611. The molecule has 1 aromatic carbocycles. The monoisotopic (exact) mass is 219 g/mol. The topological polar surface area (TPSA) is 50.2 Å². The predicted molar refractivity (Wildman–Crippen MR) is 64.5 cm³/mol. The molecule has 0 aliphatic carbocycles. The second-order valence-corrected chi connectivity index (χ2v) is 3.68. The number of hydrogen-bond acceptors (Lipinski definition) is 3. The van der Waals surface area contributed by atoms with E-state index in [4.69, 9.17) is 10.1 Å². The van der Waals surface area contributed by atoms with Crippen LogP contribution in [0.3, 0.4) is 0 Å². The third-order valence-electron chi connectivity index (χ3n) is 2.39. The van der Waals surface area contributed by atoms with Crippen molar-refractivity contribution < 1.29 is 9.53 Å². The van der Waals surface area contributed by atoms with E-state index in [-0.39, 0.29) is 12.4 Å². The lowest BCUT2D eigenvalue weighted by Gasteiger charge is -2.10. The molecule has 0 aliphatic rings. The molecule has 0 unspecified atom stereocenters. The van der Waals surface area contributed by atoms with Gasteiger partial charge in [-0.1, -0.05) is 18.2 Å². The van der Waals surface area contributed by atoms with E-state index in [1.165, 1.54) is 0 Å². The van der Waals surface area contributed by atoms with Crippen LogP contribution in [-0.2, 0) is 4.74 Å². The summed E-state index contributed by atoms with van der Waals surface area (Å²) in [4.78, 5) is 11.9. The summed E-state index contributed by atoms with van der Waals surface area (Å²) in [6.07, 6.45) is 0. The number of hydrogen-bond donors (Lipinski definition) is 1. The van der Waals surface area contributed by atoms with Crippen LogP contribution >= 0.6 is 0 Å². The maximum atomic E-state index is 11.9. The molecule has 16 heavy (non-hydrogen) atoms. The van der Waals surface area contributed by atoms with Crippen LogP contribution in [0.15, 0.2) is 18.2 Å². The second kappa shape index (κ2) is 5.56. The lowest BCUT2D eigenvalue weighted by molar-refractivity contribution is 0.0783. The first-order valence-corrected chi connectivity index (χ1v) is 5.34. The molecule has 0 spiro atoms. The zero-order chi connectivity index (χ0) is 12.1. The third kappa shape index (κ3) is 2.76. The van der Waals surface area contributed by atoms with Gasteiger partial charge in [0.05, 0.1) is 0 Å². The lowest BCUT2D eigenvalue weighted by atomic mass is 9.96. The normalized spacial score (nSPS) is 10.2. The van der Waals surface area contributed by atoms with Gasteiger partial charge in [-0.3, -0.25) is 4.79 Å². The summed E-state index contributed by atoms with van der Waals surface area (Å²) in [5.41, 5.74) is 2.68. The van der Waals surface area contributed by atoms with Gasteiger partial charge in [0.25, 0.3) is 0 Å². The Labute approximate surface area is 95.9 Å². The molecule has 0 heterocycles. The predicted octanol–water partition coefficient (Wildman–Crippen LogP) is 2.60. The van der Waals surface area contributed by atoms with Gasteiger partial charge < -0.3 is 10.1 Å². The molecule has 86 valence electrons. The minimum atomic E-state index is -0.0628. The van der Waals surface area contributed by atoms with E-state index in [1.54, 1.807) is 13.0 Å². The van der Waals surface area contributed by atoms with E-state index in [9.17, 15) is 4.79 Å². The maximum absolute atomic E-state index is 11.9. The smallest absolute Gasteiger partial charge is 0.189 e. The third-order valence-corrected chi connectivity index (χ3v) is 2.39. The summed E-state index contributed by atoms with van der Waals surface area (Å²) in [5, 5.41) is 7.69. The van der Waals surface area contributed by atoms with Gasteiger partial charge in [-0.15, -0.1) is 0 Å². The van der Waals surface area contributed by atoms with Crippen molar-refractivity contribution in [2.45, 2.75) is 20.8 Å². The van der Waals surface area contributed by atoms with Gasteiger partial charge >= 0.3 is 0 Å². The number of benzene rings is 1. The van der Waals surface area contributed by atoms with E-state index >= 15 is 0 Å². The van der Waals surface area contributed by atoms with Gasteiger partial charge in [0.15, 0.2) is 5.78 Å². The van der Waals surface area contributed by atoms with E-state index in [0.717, 1.165) is 11.1 Å². The number of ether oxygens (including phenoxy) is 1. The summed E-state index contributed by atoms with van der Waals surface area (Å²) in [7, 11) is 0. The number of ketones is 1. The Morgan fingerprint density at radius 2 is 2.12 bits per heavy atom. The van der Waals surface area contributed by atoms with Gasteiger partial charge in [-0.2, -0.15) is 0 Å². The Morgan fingerprint density at radius 3 is 2.69 bits per heavy atom. The molecule has 1 rings (SSSR count). The van der Waals surface area contributed by atoms with Crippen molar-refractivity contribution in [3.05, 3.63) is 34.9 Å². The largest absolute Gasteiger partial charge is 0.374 e. The zero-order valence-corrected chi connectivity index (χ0v) is 9.96. The van der Waals surface area contributed by atoms with Crippen LogP contribution in [0.5, 0.6) is 0 Å². The van der Waals surface area contributed by atoms with Crippen LogP contribution in [0, 0.1) is 12.3 Å². The van der Waals surface area contributed by atoms with E-state index in [2.05, 4.69) is 0 Å². The van der Waals surface area contributed by atoms with Crippen molar-refractivity contribution in [2.24, 2.45) is 0 Å². The molecular weight excluding hydrogens is 202 g/mol. The average Bonchev–Trinajstić information content (AvgIpc) is 2.24. The summed E-state index contributed by atoms with van der Waals surface area (Å²) in [6, 6.07) is 5.49. The molecule has 0 atom stereocenters. The molecular formula is C13H17NO2. The number of Topliss-reactive ketones (excluding diaryl/α,β-unsaturated/α-hetero) is 1. The minimum absolute atomic E-state index is 0.0628. The molecule has 0 bridgehead atoms. The fourth-order valence-corrected chi connectivity index (χ4v) is 1.67. The van der Waals surface area contributed by atoms with Gasteiger partial charge in [0, 0.05) is 23.4 Å². The SMILES string of the molecule is CCOCC(=O)c1cccc(C)c1C(C)=N. The Morgan fingerprint density at radius 1 is 1.44 bits per heavy atom. The molecule has 0 aromatic heterocycles. The first-order chi connectivity index (χ1) is 7.57. The Bertz CT molecular complexity index is 410. The molecule has 3 nitrogen and oxygen atoms in total. The Kier molecular flexibility index (Phi) is 4.38. The highest BCUT2D eigenvalue weighted by Gasteiger charge is 2.14. The standard InChI is InChI=1S/C13H17NO2/c1-4-16-8-12(15)11-7-5-6-9(2)13(11)10(3)14/h5-7,14H,4,8H2,1-3H3. The summed E-state index contributed by atoms with van der Waals surface area (Å²) >= 11 is 0. The highest BCUT2D eigenvalue weighted by Crippen LogP contribution is 2.15. The number of nitrogens with one attached hydrogen (secondary N) is 1. The lowest BCUT2D eigenvalue weighted by Crippen LogP contribution is -2.14. The molecule has 0 aliphatic heterocycles. The summed E-state index contributed by atoms with van der Waals surface area (Å²) in [5.74, 6) is -0.0628. The van der Waals surface area contributed by atoms with Gasteiger partial charge in [-0.05, 0) is 26.3 Å².